The molecule has 2 unspecified atom stereocenters. The standard InChI is InChI=1S/C20H24Br2N2O4/c1-19(2)8-12(24-18(26)14-5-7-16(22)28-14)9-20(3,10-19)11-23-17(25)13-4-6-15(21)27-13/h4-7,12H,8-11H2,1-3H3,(H,23,25)(H,24,26). The summed E-state index contributed by atoms with van der Waals surface area (Å²) in [5, 5.41) is 6.07. The van der Waals surface area contributed by atoms with E-state index in [9.17, 15) is 9.59 Å². The van der Waals surface area contributed by atoms with Gasteiger partial charge in [0.2, 0.25) is 0 Å². The Labute approximate surface area is 181 Å². The molecule has 1 aliphatic carbocycles. The molecule has 1 fully saturated rings. The van der Waals surface area contributed by atoms with Crippen LogP contribution in [0, 0.1) is 10.8 Å². The van der Waals surface area contributed by atoms with Crippen molar-refractivity contribution in [2.75, 3.05) is 6.54 Å². The normalized spacial score (nSPS) is 24.0. The highest BCUT2D eigenvalue weighted by molar-refractivity contribution is 9.10. The molecule has 0 aliphatic heterocycles. The Hall–Kier alpha value is -1.54. The first-order valence-corrected chi connectivity index (χ1v) is 10.7. The number of rotatable bonds is 5. The molecule has 6 nitrogen and oxygen atoms in total. The number of hydrogen-bond donors (Lipinski definition) is 2. The number of halogens is 2. The van der Waals surface area contributed by atoms with E-state index < -0.39 is 0 Å². The van der Waals surface area contributed by atoms with E-state index in [1.54, 1.807) is 24.3 Å². The molecule has 2 atom stereocenters. The summed E-state index contributed by atoms with van der Waals surface area (Å²) in [6.45, 7) is 7.04. The predicted molar refractivity (Wildman–Crippen MR) is 112 cm³/mol. The summed E-state index contributed by atoms with van der Waals surface area (Å²) in [5.74, 6) is 0.101. The lowest BCUT2D eigenvalue weighted by molar-refractivity contribution is 0.0576. The van der Waals surface area contributed by atoms with Gasteiger partial charge in [0, 0.05) is 12.6 Å². The molecule has 2 amide bonds. The minimum absolute atomic E-state index is 0.000199. The van der Waals surface area contributed by atoms with Gasteiger partial charge in [-0.15, -0.1) is 0 Å². The average molecular weight is 516 g/mol. The Bertz CT molecular complexity index is 873. The van der Waals surface area contributed by atoms with Crippen LogP contribution in [0.15, 0.2) is 42.4 Å². The van der Waals surface area contributed by atoms with Crippen molar-refractivity contribution in [1.29, 1.82) is 0 Å². The van der Waals surface area contributed by atoms with Crippen molar-refractivity contribution in [3.63, 3.8) is 0 Å². The molecule has 2 N–H and O–H groups in total. The molecule has 1 aliphatic rings. The van der Waals surface area contributed by atoms with Gasteiger partial charge >= 0.3 is 0 Å². The first-order valence-electron chi connectivity index (χ1n) is 9.15. The Balaban J connectivity index is 1.64. The topological polar surface area (TPSA) is 84.5 Å². The zero-order chi connectivity index (χ0) is 20.5. The Morgan fingerprint density at radius 1 is 1.00 bits per heavy atom. The smallest absolute Gasteiger partial charge is 0.287 e. The highest BCUT2D eigenvalue weighted by atomic mass is 79.9. The van der Waals surface area contributed by atoms with E-state index in [0.717, 1.165) is 19.3 Å². The van der Waals surface area contributed by atoms with Gasteiger partial charge in [0.05, 0.1) is 0 Å². The third-order valence-electron chi connectivity index (χ3n) is 5.05. The van der Waals surface area contributed by atoms with Crippen molar-refractivity contribution in [3.05, 3.63) is 45.1 Å². The van der Waals surface area contributed by atoms with E-state index in [1.807, 2.05) is 0 Å². The molecule has 8 heteroatoms. The summed E-state index contributed by atoms with van der Waals surface area (Å²) in [7, 11) is 0. The molecule has 0 bridgehead atoms. The summed E-state index contributed by atoms with van der Waals surface area (Å²) in [6, 6.07) is 6.68. The maximum absolute atomic E-state index is 12.5. The zero-order valence-corrected chi connectivity index (χ0v) is 19.3. The van der Waals surface area contributed by atoms with Gasteiger partial charge in [-0.05, 0) is 86.2 Å². The quantitative estimate of drug-likeness (QED) is 0.577. The van der Waals surface area contributed by atoms with Gasteiger partial charge in [0.15, 0.2) is 20.9 Å². The summed E-state index contributed by atoms with van der Waals surface area (Å²) in [5.41, 5.74) is -0.115. The number of amides is 2. The van der Waals surface area contributed by atoms with Crippen LogP contribution < -0.4 is 10.6 Å². The molecule has 28 heavy (non-hydrogen) atoms. The third kappa shape index (κ3) is 5.29. The molecule has 2 heterocycles. The van der Waals surface area contributed by atoms with Crippen molar-refractivity contribution >= 4 is 43.7 Å². The number of hydrogen-bond acceptors (Lipinski definition) is 4. The fourth-order valence-corrected chi connectivity index (χ4v) is 4.99. The highest BCUT2D eigenvalue weighted by Crippen LogP contribution is 2.45. The number of carbonyl (C=O) groups excluding carboxylic acids is 2. The van der Waals surface area contributed by atoms with Crippen LogP contribution in [-0.4, -0.2) is 24.4 Å². The van der Waals surface area contributed by atoms with Gasteiger partial charge in [-0.1, -0.05) is 20.8 Å². The number of nitrogens with one attached hydrogen (secondary N) is 2. The average Bonchev–Trinajstić information content (AvgIpc) is 3.19. The monoisotopic (exact) mass is 514 g/mol. The van der Waals surface area contributed by atoms with Gasteiger partial charge in [0.1, 0.15) is 0 Å². The molecular weight excluding hydrogens is 492 g/mol. The van der Waals surface area contributed by atoms with Gasteiger partial charge in [0.25, 0.3) is 11.8 Å². The number of carbonyl (C=O) groups is 2. The van der Waals surface area contributed by atoms with E-state index in [4.69, 9.17) is 8.83 Å². The first kappa shape index (κ1) is 21.2. The van der Waals surface area contributed by atoms with E-state index in [2.05, 4.69) is 63.3 Å². The number of furan rings is 2. The molecule has 2 aromatic rings. The Kier molecular flexibility index (Phi) is 6.10. The third-order valence-corrected chi connectivity index (χ3v) is 5.90. The Morgan fingerprint density at radius 2 is 1.57 bits per heavy atom. The van der Waals surface area contributed by atoms with Crippen molar-refractivity contribution in [3.8, 4) is 0 Å². The molecule has 0 spiro atoms. The fraction of sp³-hybridized carbons (Fsp3) is 0.500. The second-order valence-corrected chi connectivity index (χ2v) is 10.2. The summed E-state index contributed by atoms with van der Waals surface area (Å²) < 4.78 is 11.7. The molecule has 3 rings (SSSR count). The predicted octanol–water partition coefficient (Wildman–Crippen LogP) is 5.14. The van der Waals surface area contributed by atoms with Crippen LogP contribution in [0.25, 0.3) is 0 Å². The summed E-state index contributed by atoms with van der Waals surface area (Å²) >= 11 is 6.43. The Morgan fingerprint density at radius 3 is 2.11 bits per heavy atom. The molecule has 152 valence electrons. The zero-order valence-electron chi connectivity index (χ0n) is 16.1. The minimum Gasteiger partial charge on any atom is -0.444 e. The van der Waals surface area contributed by atoms with Crippen molar-refractivity contribution in [2.24, 2.45) is 10.8 Å². The van der Waals surface area contributed by atoms with Crippen LogP contribution in [0.3, 0.4) is 0 Å². The van der Waals surface area contributed by atoms with Gasteiger partial charge < -0.3 is 19.5 Å². The van der Waals surface area contributed by atoms with Gasteiger partial charge in [-0.2, -0.15) is 0 Å². The van der Waals surface area contributed by atoms with E-state index in [0.29, 0.717) is 15.9 Å². The van der Waals surface area contributed by atoms with E-state index in [1.165, 1.54) is 0 Å². The molecular formula is C20H24Br2N2O4. The SMILES string of the molecule is CC1(C)CC(NC(=O)c2ccc(Br)o2)CC(C)(CNC(=O)c2ccc(Br)o2)C1. The lowest BCUT2D eigenvalue weighted by Gasteiger charge is -2.46. The maximum atomic E-state index is 12.5. The minimum atomic E-state index is -0.240. The first-order chi connectivity index (χ1) is 13.1. The van der Waals surface area contributed by atoms with Gasteiger partial charge in [-0.3, -0.25) is 9.59 Å². The highest BCUT2D eigenvalue weighted by Gasteiger charge is 2.42. The lowest BCUT2D eigenvalue weighted by atomic mass is 9.62. The largest absolute Gasteiger partial charge is 0.444 e. The van der Waals surface area contributed by atoms with Gasteiger partial charge in [-0.25, -0.2) is 0 Å². The van der Waals surface area contributed by atoms with Crippen molar-refractivity contribution in [1.82, 2.24) is 10.6 Å². The van der Waals surface area contributed by atoms with Crippen LogP contribution in [0.1, 0.15) is 61.1 Å². The van der Waals surface area contributed by atoms with Crippen LogP contribution in [0.5, 0.6) is 0 Å². The summed E-state index contributed by atoms with van der Waals surface area (Å²) in [6.07, 6.45) is 2.59. The fourth-order valence-electron chi connectivity index (χ4n) is 4.38. The lowest BCUT2D eigenvalue weighted by Crippen LogP contribution is -2.50. The van der Waals surface area contributed by atoms with Crippen LogP contribution in [0.4, 0.5) is 0 Å². The summed E-state index contributed by atoms with van der Waals surface area (Å²) in [4.78, 5) is 24.8. The van der Waals surface area contributed by atoms with Crippen molar-refractivity contribution < 1.29 is 18.4 Å². The second-order valence-electron chi connectivity index (χ2n) is 8.62. The van der Waals surface area contributed by atoms with E-state index in [-0.39, 0.29) is 40.2 Å². The van der Waals surface area contributed by atoms with Crippen LogP contribution in [-0.2, 0) is 0 Å². The molecule has 0 radical (unpaired) electrons. The van der Waals surface area contributed by atoms with Crippen LogP contribution in [0.2, 0.25) is 0 Å². The molecule has 0 saturated heterocycles. The van der Waals surface area contributed by atoms with Crippen LogP contribution >= 0.6 is 31.9 Å². The second kappa shape index (κ2) is 8.06. The maximum Gasteiger partial charge on any atom is 0.287 e. The van der Waals surface area contributed by atoms with Crippen molar-refractivity contribution in [2.45, 2.75) is 46.1 Å². The van der Waals surface area contributed by atoms with E-state index >= 15 is 0 Å². The molecule has 0 aromatic carbocycles. The molecule has 2 aromatic heterocycles. The molecule has 1 saturated carbocycles.